The van der Waals surface area contributed by atoms with Crippen LogP contribution in [0.15, 0.2) is 12.7 Å². The van der Waals surface area contributed by atoms with Gasteiger partial charge in [0.05, 0.1) is 6.61 Å². The molecular weight excluding hydrogens is 142 g/mol. The van der Waals surface area contributed by atoms with E-state index in [4.69, 9.17) is 0 Å². The fourth-order valence-corrected chi connectivity index (χ4v) is 0.777. The van der Waals surface area contributed by atoms with Crippen LogP contribution in [0.4, 0.5) is 0 Å². The Hall–Kier alpha value is -1.03. The predicted molar refractivity (Wildman–Crippen MR) is 38.3 cm³/mol. The van der Waals surface area contributed by atoms with Gasteiger partial charge in [0.15, 0.2) is 0 Å². The zero-order chi connectivity index (χ0) is 7.94. The van der Waals surface area contributed by atoms with Gasteiger partial charge in [-0.25, -0.2) is 20.1 Å². The maximum atomic E-state index is 10.1. The first-order valence-corrected chi connectivity index (χ1v) is 3.62. The van der Waals surface area contributed by atoms with Crippen LogP contribution in [0, 0.1) is 0 Å². The molecule has 0 saturated carbocycles. The van der Waals surface area contributed by atoms with Gasteiger partial charge < -0.3 is 0 Å². The van der Waals surface area contributed by atoms with E-state index in [2.05, 4.69) is 15.0 Å². The molecule has 0 N–H and O–H groups in total. The van der Waals surface area contributed by atoms with Gasteiger partial charge in [0.1, 0.15) is 18.5 Å². The maximum Gasteiger partial charge on any atom is 0.131 e. The summed E-state index contributed by atoms with van der Waals surface area (Å²) in [5.41, 5.74) is 0. The molecule has 0 fully saturated rings. The van der Waals surface area contributed by atoms with E-state index in [1.807, 2.05) is 0 Å². The smallest absolute Gasteiger partial charge is 0.131 e. The molecule has 0 bridgehead atoms. The van der Waals surface area contributed by atoms with E-state index < -0.39 is 0 Å². The van der Waals surface area contributed by atoms with E-state index in [-0.39, 0.29) is 6.61 Å². The number of nitrogens with zero attached hydrogens (tertiary/aromatic N) is 3. The van der Waals surface area contributed by atoms with Crippen LogP contribution in [-0.2, 0) is 11.5 Å². The van der Waals surface area contributed by atoms with Gasteiger partial charge in [-0.15, -0.1) is 0 Å². The van der Waals surface area contributed by atoms with Crippen LogP contribution >= 0.6 is 0 Å². The SMILES string of the molecule is [O]CCCCc1ncncn1. The average molecular weight is 152 g/mol. The van der Waals surface area contributed by atoms with Crippen molar-refractivity contribution in [2.45, 2.75) is 19.3 Å². The highest BCUT2D eigenvalue weighted by Crippen LogP contribution is 1.95. The van der Waals surface area contributed by atoms with Crippen LogP contribution in [-0.4, -0.2) is 21.6 Å². The van der Waals surface area contributed by atoms with Crippen LogP contribution in [0.2, 0.25) is 0 Å². The van der Waals surface area contributed by atoms with Gasteiger partial charge in [0.2, 0.25) is 0 Å². The number of aryl methyl sites for hydroxylation is 1. The summed E-state index contributed by atoms with van der Waals surface area (Å²) in [6.07, 6.45) is 5.29. The van der Waals surface area contributed by atoms with Gasteiger partial charge in [0.25, 0.3) is 0 Å². The normalized spacial score (nSPS) is 9.91. The summed E-state index contributed by atoms with van der Waals surface area (Å²) in [5.74, 6) is 0.772. The van der Waals surface area contributed by atoms with Crippen molar-refractivity contribution in [3.8, 4) is 0 Å². The van der Waals surface area contributed by atoms with Crippen molar-refractivity contribution < 1.29 is 5.11 Å². The quantitative estimate of drug-likeness (QED) is 0.594. The van der Waals surface area contributed by atoms with Crippen LogP contribution < -0.4 is 0 Å². The van der Waals surface area contributed by atoms with E-state index in [1.165, 1.54) is 12.7 Å². The molecule has 11 heavy (non-hydrogen) atoms. The number of hydrogen-bond acceptors (Lipinski definition) is 3. The largest absolute Gasteiger partial charge is 0.237 e. The molecular formula is C7H10N3O. The second-order valence-corrected chi connectivity index (χ2v) is 2.22. The first-order valence-electron chi connectivity index (χ1n) is 3.62. The molecule has 59 valence electrons. The zero-order valence-corrected chi connectivity index (χ0v) is 6.23. The van der Waals surface area contributed by atoms with Crippen LogP contribution in [0.5, 0.6) is 0 Å². The number of hydrogen-bond donors (Lipinski definition) is 0. The van der Waals surface area contributed by atoms with Gasteiger partial charge in [0, 0.05) is 6.42 Å². The molecule has 0 aliphatic heterocycles. The second kappa shape index (κ2) is 4.73. The van der Waals surface area contributed by atoms with Gasteiger partial charge in [-0.2, -0.15) is 0 Å². The van der Waals surface area contributed by atoms with Gasteiger partial charge in [-0.05, 0) is 12.8 Å². The van der Waals surface area contributed by atoms with Gasteiger partial charge in [-0.1, -0.05) is 0 Å². The minimum Gasteiger partial charge on any atom is -0.237 e. The monoisotopic (exact) mass is 152 g/mol. The molecule has 0 saturated heterocycles. The predicted octanol–water partition coefficient (Wildman–Crippen LogP) is 0.625. The Kier molecular flexibility index (Phi) is 3.47. The molecule has 0 aliphatic rings. The Morgan fingerprint density at radius 1 is 1.18 bits per heavy atom. The van der Waals surface area contributed by atoms with Crippen molar-refractivity contribution in [1.29, 1.82) is 0 Å². The average Bonchev–Trinajstić information content (AvgIpc) is 2.07. The Morgan fingerprint density at radius 2 is 1.91 bits per heavy atom. The van der Waals surface area contributed by atoms with E-state index in [0.29, 0.717) is 6.42 Å². The molecule has 1 aromatic heterocycles. The number of aromatic nitrogens is 3. The van der Waals surface area contributed by atoms with E-state index in [1.54, 1.807) is 0 Å². The fraction of sp³-hybridized carbons (Fsp3) is 0.571. The summed E-state index contributed by atoms with van der Waals surface area (Å²) in [7, 11) is 0. The molecule has 0 amide bonds. The topological polar surface area (TPSA) is 58.6 Å². The molecule has 4 nitrogen and oxygen atoms in total. The highest BCUT2D eigenvalue weighted by Gasteiger charge is 1.93. The van der Waals surface area contributed by atoms with Crippen molar-refractivity contribution >= 4 is 0 Å². The minimum atomic E-state index is -0.00885. The van der Waals surface area contributed by atoms with Crippen molar-refractivity contribution in [2.24, 2.45) is 0 Å². The molecule has 1 heterocycles. The second-order valence-electron chi connectivity index (χ2n) is 2.22. The molecule has 0 aliphatic carbocycles. The van der Waals surface area contributed by atoms with Crippen molar-refractivity contribution in [3.05, 3.63) is 18.5 Å². The van der Waals surface area contributed by atoms with Gasteiger partial charge >= 0.3 is 0 Å². The molecule has 4 heteroatoms. The molecule has 0 aromatic carbocycles. The summed E-state index contributed by atoms with van der Waals surface area (Å²) in [6.45, 7) is -0.00885. The fourth-order valence-electron chi connectivity index (χ4n) is 0.777. The van der Waals surface area contributed by atoms with Crippen LogP contribution in [0.1, 0.15) is 18.7 Å². The highest BCUT2D eigenvalue weighted by atomic mass is 16.2. The first kappa shape index (κ1) is 8.07. The summed E-state index contributed by atoms with van der Waals surface area (Å²) in [5, 5.41) is 10.1. The van der Waals surface area contributed by atoms with E-state index in [0.717, 1.165) is 18.7 Å². The van der Waals surface area contributed by atoms with Crippen molar-refractivity contribution in [2.75, 3.05) is 6.61 Å². The van der Waals surface area contributed by atoms with Gasteiger partial charge in [-0.3, -0.25) is 0 Å². The number of unbranched alkanes of at least 4 members (excludes halogenated alkanes) is 1. The lowest BCUT2D eigenvalue weighted by Crippen LogP contribution is -1.95. The molecule has 1 rings (SSSR count). The standard InChI is InChI=1S/C7H10N3O/c11-4-2-1-3-7-9-5-8-6-10-7/h5-6H,1-4H2. The third-order valence-electron chi connectivity index (χ3n) is 1.34. The van der Waals surface area contributed by atoms with E-state index >= 15 is 0 Å². The van der Waals surface area contributed by atoms with Crippen LogP contribution in [0.3, 0.4) is 0 Å². The maximum absolute atomic E-state index is 10.1. The summed E-state index contributed by atoms with van der Waals surface area (Å²) < 4.78 is 0. The molecule has 1 radical (unpaired) electrons. The minimum absolute atomic E-state index is 0.00885. The summed E-state index contributed by atoms with van der Waals surface area (Å²) >= 11 is 0. The summed E-state index contributed by atoms with van der Waals surface area (Å²) in [6, 6.07) is 0. The third kappa shape index (κ3) is 3.04. The van der Waals surface area contributed by atoms with Crippen LogP contribution in [0.25, 0.3) is 0 Å². The van der Waals surface area contributed by atoms with Crippen molar-refractivity contribution in [3.63, 3.8) is 0 Å². The Balaban J connectivity index is 2.28. The Labute approximate surface area is 65.3 Å². The lowest BCUT2D eigenvalue weighted by molar-refractivity contribution is 0.187. The molecule has 0 spiro atoms. The highest BCUT2D eigenvalue weighted by molar-refractivity contribution is 4.80. The Bertz CT molecular complexity index is 190. The summed E-state index contributed by atoms with van der Waals surface area (Å²) in [4.78, 5) is 11.5. The number of rotatable bonds is 4. The lowest BCUT2D eigenvalue weighted by Gasteiger charge is -1.94. The lowest BCUT2D eigenvalue weighted by atomic mass is 10.2. The molecule has 0 unspecified atom stereocenters. The Morgan fingerprint density at radius 3 is 2.55 bits per heavy atom. The van der Waals surface area contributed by atoms with E-state index in [9.17, 15) is 5.11 Å². The van der Waals surface area contributed by atoms with Crippen molar-refractivity contribution in [1.82, 2.24) is 15.0 Å². The first-order chi connectivity index (χ1) is 5.43. The molecule has 0 atom stereocenters. The zero-order valence-electron chi connectivity index (χ0n) is 6.23. The third-order valence-corrected chi connectivity index (χ3v) is 1.34. The molecule has 1 aromatic rings.